The molecule has 0 bridgehead atoms. The highest BCUT2D eigenvalue weighted by Crippen LogP contribution is 2.16. The molecule has 0 atom stereocenters. The highest BCUT2D eigenvalue weighted by molar-refractivity contribution is 9.09. The Bertz CT molecular complexity index is 347. The van der Waals surface area contributed by atoms with Crippen molar-refractivity contribution in [2.24, 2.45) is 0 Å². The van der Waals surface area contributed by atoms with E-state index in [0.717, 1.165) is 30.4 Å². The summed E-state index contributed by atoms with van der Waals surface area (Å²) in [6.07, 6.45) is 3.02. The molecule has 17 heavy (non-hydrogen) atoms. The van der Waals surface area contributed by atoms with E-state index >= 15 is 0 Å². The van der Waals surface area contributed by atoms with E-state index in [9.17, 15) is 4.79 Å². The Kier molecular flexibility index (Phi) is 6.66. The van der Waals surface area contributed by atoms with Gasteiger partial charge in [0.1, 0.15) is 0 Å². The third-order valence-corrected chi connectivity index (χ3v) is 3.57. The first-order valence-corrected chi connectivity index (χ1v) is 8.06. The lowest BCUT2D eigenvalue weighted by Crippen LogP contribution is -2.33. The van der Waals surface area contributed by atoms with Gasteiger partial charge in [-0.15, -0.1) is 11.8 Å². The lowest BCUT2D eigenvalue weighted by atomic mass is 10.2. The number of nitrogens with zero attached hydrogens (tertiary/aromatic N) is 1. The zero-order valence-electron chi connectivity index (χ0n) is 10.3. The van der Waals surface area contributed by atoms with Gasteiger partial charge in [-0.1, -0.05) is 22.9 Å². The molecule has 2 nitrogen and oxygen atoms in total. The SMILES string of the molecule is CCCN(CCBr)C(=O)c1ccc(SC)cc1. The number of hydrogen-bond acceptors (Lipinski definition) is 2. The van der Waals surface area contributed by atoms with Gasteiger partial charge in [0.05, 0.1) is 0 Å². The second kappa shape index (κ2) is 7.77. The van der Waals surface area contributed by atoms with Crippen LogP contribution in [0.15, 0.2) is 29.2 Å². The molecule has 0 aliphatic rings. The molecule has 1 rings (SSSR count). The van der Waals surface area contributed by atoms with Crippen molar-refractivity contribution in [2.75, 3.05) is 24.7 Å². The molecule has 0 radical (unpaired) electrons. The number of carbonyl (C=O) groups is 1. The first-order valence-electron chi connectivity index (χ1n) is 5.72. The quantitative estimate of drug-likeness (QED) is 0.590. The molecule has 0 saturated heterocycles. The van der Waals surface area contributed by atoms with Crippen molar-refractivity contribution in [3.8, 4) is 0 Å². The average Bonchev–Trinajstić information content (AvgIpc) is 2.38. The van der Waals surface area contributed by atoms with Gasteiger partial charge in [0.2, 0.25) is 0 Å². The monoisotopic (exact) mass is 315 g/mol. The minimum absolute atomic E-state index is 0.124. The third kappa shape index (κ3) is 4.36. The van der Waals surface area contributed by atoms with Gasteiger partial charge in [0.15, 0.2) is 0 Å². The Hall–Kier alpha value is -0.480. The Morgan fingerprint density at radius 3 is 2.41 bits per heavy atom. The van der Waals surface area contributed by atoms with Crippen LogP contribution in [-0.2, 0) is 0 Å². The Labute approximate surface area is 116 Å². The summed E-state index contributed by atoms with van der Waals surface area (Å²) in [6, 6.07) is 7.81. The molecule has 0 heterocycles. The van der Waals surface area contributed by atoms with E-state index in [-0.39, 0.29) is 5.91 Å². The topological polar surface area (TPSA) is 20.3 Å². The zero-order valence-corrected chi connectivity index (χ0v) is 12.7. The minimum atomic E-state index is 0.124. The van der Waals surface area contributed by atoms with E-state index in [1.54, 1.807) is 11.8 Å². The van der Waals surface area contributed by atoms with Crippen LogP contribution < -0.4 is 0 Å². The van der Waals surface area contributed by atoms with E-state index in [0.29, 0.717) is 0 Å². The van der Waals surface area contributed by atoms with Gasteiger partial charge in [-0.3, -0.25) is 4.79 Å². The van der Waals surface area contributed by atoms with Crippen LogP contribution in [0.25, 0.3) is 0 Å². The van der Waals surface area contributed by atoms with Gasteiger partial charge >= 0.3 is 0 Å². The predicted octanol–water partition coefficient (Wildman–Crippen LogP) is 3.66. The maximum atomic E-state index is 12.2. The molecule has 0 aromatic heterocycles. The molecule has 0 aliphatic carbocycles. The summed E-state index contributed by atoms with van der Waals surface area (Å²) < 4.78 is 0. The molecule has 94 valence electrons. The summed E-state index contributed by atoms with van der Waals surface area (Å²) in [4.78, 5) is 15.3. The number of rotatable bonds is 6. The van der Waals surface area contributed by atoms with Gasteiger partial charge in [-0.05, 0) is 36.9 Å². The number of carbonyl (C=O) groups excluding carboxylic acids is 1. The molecule has 0 unspecified atom stereocenters. The lowest BCUT2D eigenvalue weighted by Gasteiger charge is -2.21. The lowest BCUT2D eigenvalue weighted by molar-refractivity contribution is 0.0766. The Morgan fingerprint density at radius 1 is 1.29 bits per heavy atom. The first-order chi connectivity index (χ1) is 8.22. The molecular weight excluding hydrogens is 298 g/mol. The molecule has 0 fully saturated rings. The van der Waals surface area contributed by atoms with E-state index in [4.69, 9.17) is 0 Å². The van der Waals surface area contributed by atoms with Crippen molar-refractivity contribution in [3.05, 3.63) is 29.8 Å². The summed E-state index contributed by atoms with van der Waals surface area (Å²) >= 11 is 5.07. The summed E-state index contributed by atoms with van der Waals surface area (Å²) in [5, 5.41) is 0.821. The van der Waals surface area contributed by atoms with Gasteiger partial charge < -0.3 is 4.90 Å². The van der Waals surface area contributed by atoms with Crippen LogP contribution in [0.3, 0.4) is 0 Å². The standard InChI is InChI=1S/C13H18BrNOS/c1-3-9-15(10-8-14)13(16)11-4-6-12(17-2)7-5-11/h4-7H,3,8-10H2,1-2H3. The molecule has 1 amide bonds. The van der Waals surface area contributed by atoms with E-state index in [1.807, 2.05) is 35.4 Å². The van der Waals surface area contributed by atoms with Gasteiger partial charge in [0, 0.05) is 28.9 Å². The normalized spacial score (nSPS) is 10.3. The molecule has 0 N–H and O–H groups in total. The average molecular weight is 316 g/mol. The van der Waals surface area contributed by atoms with Crippen LogP contribution in [0.1, 0.15) is 23.7 Å². The number of amides is 1. The Balaban J connectivity index is 2.77. The molecule has 0 spiro atoms. The number of halogens is 1. The maximum absolute atomic E-state index is 12.2. The van der Waals surface area contributed by atoms with Crippen molar-refractivity contribution < 1.29 is 4.79 Å². The van der Waals surface area contributed by atoms with E-state index in [1.165, 1.54) is 4.90 Å². The van der Waals surface area contributed by atoms with Crippen molar-refractivity contribution >= 4 is 33.6 Å². The largest absolute Gasteiger partial charge is 0.338 e. The van der Waals surface area contributed by atoms with Crippen LogP contribution in [0.2, 0.25) is 0 Å². The summed E-state index contributed by atoms with van der Waals surface area (Å²) in [5.41, 5.74) is 0.775. The maximum Gasteiger partial charge on any atom is 0.253 e. The number of thioether (sulfide) groups is 1. The van der Waals surface area contributed by atoms with Gasteiger partial charge in [0.25, 0.3) is 5.91 Å². The van der Waals surface area contributed by atoms with E-state index < -0.39 is 0 Å². The van der Waals surface area contributed by atoms with Crippen molar-refractivity contribution in [3.63, 3.8) is 0 Å². The predicted molar refractivity (Wildman–Crippen MR) is 78.2 cm³/mol. The number of alkyl halides is 1. The minimum Gasteiger partial charge on any atom is -0.338 e. The van der Waals surface area contributed by atoms with Crippen LogP contribution >= 0.6 is 27.7 Å². The summed E-state index contributed by atoms with van der Waals surface area (Å²) in [5.74, 6) is 0.124. The molecular formula is C13H18BrNOS. The van der Waals surface area contributed by atoms with Crippen molar-refractivity contribution in [1.29, 1.82) is 0 Å². The number of hydrogen-bond donors (Lipinski definition) is 0. The zero-order chi connectivity index (χ0) is 12.7. The first kappa shape index (κ1) is 14.6. The fourth-order valence-corrected chi connectivity index (χ4v) is 2.44. The van der Waals surface area contributed by atoms with Gasteiger partial charge in [-0.2, -0.15) is 0 Å². The molecule has 0 saturated carbocycles. The second-order valence-corrected chi connectivity index (χ2v) is 5.38. The van der Waals surface area contributed by atoms with Crippen LogP contribution in [0, 0.1) is 0 Å². The van der Waals surface area contributed by atoms with Crippen LogP contribution in [0.5, 0.6) is 0 Å². The Morgan fingerprint density at radius 2 is 1.94 bits per heavy atom. The molecule has 1 aromatic carbocycles. The van der Waals surface area contributed by atoms with Crippen LogP contribution in [-0.4, -0.2) is 35.5 Å². The summed E-state index contributed by atoms with van der Waals surface area (Å²) in [6.45, 7) is 3.66. The highest BCUT2D eigenvalue weighted by atomic mass is 79.9. The molecule has 4 heteroatoms. The van der Waals surface area contributed by atoms with Crippen molar-refractivity contribution in [1.82, 2.24) is 4.90 Å². The molecule has 1 aromatic rings. The smallest absolute Gasteiger partial charge is 0.253 e. The molecule has 0 aliphatic heterocycles. The third-order valence-electron chi connectivity index (χ3n) is 2.47. The van der Waals surface area contributed by atoms with Crippen molar-refractivity contribution in [2.45, 2.75) is 18.2 Å². The van der Waals surface area contributed by atoms with Gasteiger partial charge in [-0.25, -0.2) is 0 Å². The fraction of sp³-hybridized carbons (Fsp3) is 0.462. The second-order valence-electron chi connectivity index (χ2n) is 3.71. The summed E-state index contributed by atoms with van der Waals surface area (Å²) in [7, 11) is 0. The highest BCUT2D eigenvalue weighted by Gasteiger charge is 2.13. The van der Waals surface area contributed by atoms with E-state index in [2.05, 4.69) is 22.9 Å². The van der Waals surface area contributed by atoms with Crippen LogP contribution in [0.4, 0.5) is 0 Å². The number of benzene rings is 1. The fourth-order valence-electron chi connectivity index (χ4n) is 1.60.